The van der Waals surface area contributed by atoms with Gasteiger partial charge in [0.15, 0.2) is 0 Å². The number of halogens is 6. The van der Waals surface area contributed by atoms with Gasteiger partial charge in [-0.05, 0) is 0 Å². The summed E-state index contributed by atoms with van der Waals surface area (Å²) in [5, 5.41) is -4.92. The first-order valence-corrected chi connectivity index (χ1v) is 9.92. The summed E-state index contributed by atoms with van der Waals surface area (Å²) >= 11 is 0. The second-order valence-electron chi connectivity index (χ2n) is 0.758. The molecule has 0 saturated carbocycles. The van der Waals surface area contributed by atoms with Crippen LogP contribution in [-0.2, 0) is 5.26 Å². The van der Waals surface area contributed by atoms with Crippen LogP contribution in [0.15, 0.2) is 0 Å². The Morgan fingerprint density at radius 1 is 0.571 bits per heavy atom. The van der Waals surface area contributed by atoms with E-state index in [0.29, 0.717) is 0 Å². The zero-order valence-electron chi connectivity index (χ0n) is 2.62. The summed E-state index contributed by atoms with van der Waals surface area (Å²) in [7, 11) is 30.1. The van der Waals surface area contributed by atoms with Gasteiger partial charge in [0.25, 0.3) is 0 Å². The van der Waals surface area contributed by atoms with Crippen molar-refractivity contribution < 1.29 is 5.26 Å². The van der Waals surface area contributed by atoms with Crippen molar-refractivity contribution >= 4 is 60.6 Å². The Labute approximate surface area is 65.2 Å². The second-order valence-corrected chi connectivity index (χ2v) is 28.1. The summed E-state index contributed by atoms with van der Waals surface area (Å²) in [5.41, 5.74) is 0. The maximum absolute atomic E-state index is 5.01. The van der Waals surface area contributed by atoms with Gasteiger partial charge in [-0.25, -0.2) is 0 Å². The predicted octanol–water partition coefficient (Wildman–Crippen LogP) is 4.13. The molecule has 0 aliphatic heterocycles. The molecule has 0 heterocycles. The van der Waals surface area contributed by atoms with Crippen molar-refractivity contribution in [2.75, 3.05) is 0 Å². The van der Waals surface area contributed by atoms with Gasteiger partial charge in [-0.15, -0.1) is 0 Å². The Hall–Kier alpha value is 2.26. The number of hydrogen-bond acceptors (Lipinski definition) is 0. The number of rotatable bonds is 0. The van der Waals surface area contributed by atoms with E-state index in [-0.39, 0.29) is 0 Å². The fraction of sp³-hybridized carbons (Fsp3) is 0. The van der Waals surface area contributed by atoms with Gasteiger partial charge in [-0.2, -0.15) is 0 Å². The molecule has 0 rings (SSSR count). The van der Waals surface area contributed by atoms with Crippen LogP contribution in [0.3, 0.4) is 0 Å². The Morgan fingerprint density at radius 3 is 0.571 bits per heavy atom. The topological polar surface area (TPSA) is 0 Å². The van der Waals surface area contributed by atoms with Crippen molar-refractivity contribution in [1.82, 2.24) is 0 Å². The first kappa shape index (κ1) is 9.26. The molecule has 0 saturated heterocycles. The van der Waals surface area contributed by atoms with E-state index < -0.39 is 5.26 Å². The molecule has 7 heteroatoms. The maximum atomic E-state index is 5.01. The monoisotopic (exact) mass is 266 g/mol. The Balaban J connectivity index is 4.43. The zero-order chi connectivity index (χ0) is 6.41. The van der Waals surface area contributed by atoms with E-state index in [1.807, 2.05) is 0 Å². The van der Waals surface area contributed by atoms with Crippen LogP contribution in [0.5, 0.6) is 0 Å². The van der Waals surface area contributed by atoms with Crippen LogP contribution in [0.1, 0.15) is 0 Å². The van der Waals surface area contributed by atoms with Gasteiger partial charge < -0.3 is 0 Å². The molecule has 0 unspecified atom stereocenters. The van der Waals surface area contributed by atoms with E-state index in [0.717, 1.165) is 0 Å². The molecule has 0 bridgehead atoms. The molecule has 0 atom stereocenters. The quantitative estimate of drug-likeness (QED) is 0.579. The molecule has 0 nitrogen and oxygen atoms in total. The van der Waals surface area contributed by atoms with Gasteiger partial charge in [-0.1, -0.05) is 0 Å². The Kier molecular flexibility index (Phi) is 1.93. The van der Waals surface area contributed by atoms with Gasteiger partial charge in [-0.3, -0.25) is 0 Å². The fourth-order valence-corrected chi connectivity index (χ4v) is 0. The molecule has 0 N–H and O–H groups in total. The van der Waals surface area contributed by atoms with Crippen LogP contribution in [0.4, 0.5) is 0 Å². The minimum absolute atomic E-state index is 4.92. The number of hydrogen-bond donors (Lipinski definition) is 0. The van der Waals surface area contributed by atoms with Crippen LogP contribution in [-0.4, -0.2) is 0 Å². The SMILES string of the molecule is [Cl][Fe-3]([Cl])([Cl])([Cl])([Cl])[Cl]. The second kappa shape index (κ2) is 1.46. The molecular weight excluding hydrogens is 269 g/mol. The third kappa shape index (κ3) is 63.4. The molecule has 0 amide bonds. The summed E-state index contributed by atoms with van der Waals surface area (Å²) in [6.45, 7) is 0. The fourth-order valence-electron chi connectivity index (χ4n) is 0. The third-order valence-corrected chi connectivity index (χ3v) is 0. The van der Waals surface area contributed by atoms with E-state index >= 15 is 0 Å². The minimum atomic E-state index is -4.92. The zero-order valence-corrected chi connectivity index (χ0v) is 8.26. The van der Waals surface area contributed by atoms with Crippen molar-refractivity contribution in [3.05, 3.63) is 0 Å². The van der Waals surface area contributed by atoms with Gasteiger partial charge in [0.2, 0.25) is 0 Å². The van der Waals surface area contributed by atoms with Crippen LogP contribution in [0.25, 0.3) is 0 Å². The molecule has 0 aliphatic rings. The summed E-state index contributed by atoms with van der Waals surface area (Å²) < 4.78 is 0. The van der Waals surface area contributed by atoms with Crippen LogP contribution in [0.2, 0.25) is 0 Å². The summed E-state index contributed by atoms with van der Waals surface area (Å²) in [6, 6.07) is 0. The van der Waals surface area contributed by atoms with Crippen molar-refractivity contribution in [1.29, 1.82) is 0 Å². The molecule has 53 valence electrons. The van der Waals surface area contributed by atoms with Crippen molar-refractivity contribution in [2.24, 2.45) is 0 Å². The van der Waals surface area contributed by atoms with E-state index in [2.05, 4.69) is 0 Å². The molecule has 7 heavy (non-hydrogen) atoms. The van der Waals surface area contributed by atoms with Crippen molar-refractivity contribution in [3.8, 4) is 0 Å². The van der Waals surface area contributed by atoms with Gasteiger partial charge in [0.05, 0.1) is 0 Å². The predicted molar refractivity (Wildman–Crippen MR) is 35.1 cm³/mol. The van der Waals surface area contributed by atoms with E-state index in [4.69, 9.17) is 60.6 Å². The summed E-state index contributed by atoms with van der Waals surface area (Å²) in [5.74, 6) is 0. The molecule has 0 aromatic carbocycles. The van der Waals surface area contributed by atoms with Gasteiger partial charge in [0, 0.05) is 0 Å². The Bertz CT molecular complexity index is 62.7. The van der Waals surface area contributed by atoms with Gasteiger partial charge in [0.1, 0.15) is 0 Å². The Morgan fingerprint density at radius 2 is 0.571 bits per heavy atom. The van der Waals surface area contributed by atoms with Gasteiger partial charge >= 0.3 is 65.9 Å². The van der Waals surface area contributed by atoms with Crippen LogP contribution < -0.4 is 0 Å². The molecular formula is Cl6Fe-3. The average molecular weight is 269 g/mol. The average Bonchev–Trinajstić information content (AvgIpc) is 0.592. The summed E-state index contributed by atoms with van der Waals surface area (Å²) in [6.07, 6.45) is 0. The van der Waals surface area contributed by atoms with E-state index in [1.54, 1.807) is 0 Å². The first-order valence-electron chi connectivity index (χ1n) is 0.802. The first-order chi connectivity index (χ1) is 2.45. The standard InChI is InChI=1S/6ClH.Fe/h6*1H;/q;;;;;;+3/p-6. The van der Waals surface area contributed by atoms with E-state index in [9.17, 15) is 0 Å². The molecule has 0 fully saturated rings. The van der Waals surface area contributed by atoms with Crippen LogP contribution in [0, 0.1) is 0 Å². The van der Waals surface area contributed by atoms with Crippen molar-refractivity contribution in [3.63, 3.8) is 0 Å². The van der Waals surface area contributed by atoms with Crippen molar-refractivity contribution in [2.45, 2.75) is 0 Å². The molecule has 0 aliphatic carbocycles. The molecule has 0 aromatic rings. The van der Waals surface area contributed by atoms with Crippen LogP contribution >= 0.6 is 60.6 Å². The van der Waals surface area contributed by atoms with E-state index in [1.165, 1.54) is 0 Å². The molecule has 0 aromatic heterocycles. The molecule has 0 spiro atoms. The third-order valence-electron chi connectivity index (χ3n) is 0. The molecule has 0 radical (unpaired) electrons. The normalized spacial score (nSPS) is 23.1. The summed E-state index contributed by atoms with van der Waals surface area (Å²) in [4.78, 5) is 0.